The molecular formula is C11H22N2O3. The van der Waals surface area contributed by atoms with Crippen LogP contribution in [0.5, 0.6) is 0 Å². The summed E-state index contributed by atoms with van der Waals surface area (Å²) >= 11 is 0. The Balaban J connectivity index is 2.52. The van der Waals surface area contributed by atoms with Crippen molar-refractivity contribution in [1.29, 1.82) is 0 Å². The van der Waals surface area contributed by atoms with Crippen molar-refractivity contribution in [2.75, 3.05) is 19.6 Å². The van der Waals surface area contributed by atoms with Gasteiger partial charge in [-0.25, -0.2) is 4.79 Å². The van der Waals surface area contributed by atoms with Gasteiger partial charge < -0.3 is 15.9 Å². The number of aliphatic carboxylic acids is 1. The molecule has 1 heterocycles. The lowest BCUT2D eigenvalue weighted by Crippen LogP contribution is -2.51. The predicted molar refractivity (Wildman–Crippen MR) is 61.1 cm³/mol. The number of piperidine rings is 1. The Morgan fingerprint density at radius 3 is 2.81 bits per heavy atom. The molecule has 1 aliphatic heterocycles. The van der Waals surface area contributed by atoms with Crippen molar-refractivity contribution in [3.63, 3.8) is 0 Å². The largest absolute Gasteiger partial charge is 0.479 e. The van der Waals surface area contributed by atoms with Crippen molar-refractivity contribution in [2.24, 2.45) is 11.7 Å². The Hall–Kier alpha value is -0.650. The number of carbonyl (C=O) groups is 1. The smallest absolute Gasteiger partial charge is 0.336 e. The van der Waals surface area contributed by atoms with Gasteiger partial charge >= 0.3 is 5.97 Å². The number of rotatable bonds is 4. The van der Waals surface area contributed by atoms with Crippen LogP contribution < -0.4 is 5.73 Å². The summed E-state index contributed by atoms with van der Waals surface area (Å²) in [4.78, 5) is 12.8. The summed E-state index contributed by atoms with van der Waals surface area (Å²) in [7, 11) is 0. The van der Waals surface area contributed by atoms with E-state index in [0.29, 0.717) is 5.92 Å². The van der Waals surface area contributed by atoms with E-state index >= 15 is 0 Å². The molecule has 16 heavy (non-hydrogen) atoms. The molecule has 4 N–H and O–H groups in total. The predicted octanol–water partition coefficient (Wildman–Crippen LogP) is -0.119. The molecule has 1 saturated heterocycles. The lowest BCUT2D eigenvalue weighted by Gasteiger charge is -2.37. The highest BCUT2D eigenvalue weighted by molar-refractivity contribution is 5.76. The molecule has 1 aliphatic rings. The molecule has 1 rings (SSSR count). The molecule has 5 nitrogen and oxygen atoms in total. The van der Waals surface area contributed by atoms with Crippen LogP contribution >= 0.6 is 0 Å². The summed E-state index contributed by atoms with van der Waals surface area (Å²) < 4.78 is 0. The zero-order valence-corrected chi connectivity index (χ0v) is 10.0. The first-order valence-corrected chi connectivity index (χ1v) is 5.76. The summed E-state index contributed by atoms with van der Waals surface area (Å²) in [6.07, 6.45) is 2.10. The Morgan fingerprint density at radius 2 is 2.31 bits per heavy atom. The normalized spacial score (nSPS) is 28.4. The molecule has 94 valence electrons. The number of nitrogens with zero attached hydrogens (tertiary/aromatic N) is 1. The summed E-state index contributed by atoms with van der Waals surface area (Å²) in [6.45, 7) is 5.10. The third-order valence-corrected chi connectivity index (χ3v) is 3.28. The van der Waals surface area contributed by atoms with Crippen LogP contribution in [-0.4, -0.2) is 52.4 Å². The monoisotopic (exact) mass is 230 g/mol. The minimum Gasteiger partial charge on any atom is -0.479 e. The van der Waals surface area contributed by atoms with E-state index in [1.54, 1.807) is 0 Å². The van der Waals surface area contributed by atoms with Crippen LogP contribution in [0.15, 0.2) is 0 Å². The topological polar surface area (TPSA) is 86.8 Å². The molecule has 0 amide bonds. The molecule has 3 atom stereocenters. The number of hydrogen-bond acceptors (Lipinski definition) is 4. The van der Waals surface area contributed by atoms with Crippen LogP contribution in [0.1, 0.15) is 26.7 Å². The van der Waals surface area contributed by atoms with Crippen LogP contribution in [-0.2, 0) is 4.79 Å². The highest BCUT2D eigenvalue weighted by atomic mass is 16.4. The van der Waals surface area contributed by atoms with Gasteiger partial charge in [0.25, 0.3) is 0 Å². The number of carboxylic acids is 1. The maximum absolute atomic E-state index is 10.8. The Morgan fingerprint density at radius 1 is 1.69 bits per heavy atom. The first-order valence-electron chi connectivity index (χ1n) is 5.76. The lowest BCUT2D eigenvalue weighted by atomic mass is 9.91. The van der Waals surface area contributed by atoms with Crippen molar-refractivity contribution in [3.8, 4) is 0 Å². The van der Waals surface area contributed by atoms with Gasteiger partial charge in [0, 0.05) is 19.1 Å². The minimum absolute atomic E-state index is 0.123. The highest BCUT2D eigenvalue weighted by Gasteiger charge is 2.34. The molecule has 0 aromatic rings. The summed E-state index contributed by atoms with van der Waals surface area (Å²) in [6, 6.07) is 0.123. The molecule has 0 spiro atoms. The van der Waals surface area contributed by atoms with Gasteiger partial charge in [0.15, 0.2) is 5.60 Å². The maximum atomic E-state index is 10.8. The van der Waals surface area contributed by atoms with E-state index in [0.717, 1.165) is 25.9 Å². The van der Waals surface area contributed by atoms with Crippen molar-refractivity contribution in [3.05, 3.63) is 0 Å². The summed E-state index contributed by atoms with van der Waals surface area (Å²) in [5.41, 5.74) is 4.18. The number of β-amino-alcohol motifs (C(OH)–C–C–N with tert-alkyl or cyclic N) is 1. The van der Waals surface area contributed by atoms with E-state index in [2.05, 4.69) is 0 Å². The second-order valence-corrected chi connectivity index (χ2v) is 5.08. The van der Waals surface area contributed by atoms with Gasteiger partial charge in [0.2, 0.25) is 0 Å². The highest BCUT2D eigenvalue weighted by Crippen LogP contribution is 2.20. The van der Waals surface area contributed by atoms with Crippen LogP contribution in [0.4, 0.5) is 0 Å². The molecule has 1 fully saturated rings. The number of nitrogens with two attached hydrogens (primary N) is 1. The van der Waals surface area contributed by atoms with Gasteiger partial charge in [-0.2, -0.15) is 0 Å². The van der Waals surface area contributed by atoms with Gasteiger partial charge in [-0.15, -0.1) is 0 Å². The fraction of sp³-hybridized carbons (Fsp3) is 0.909. The van der Waals surface area contributed by atoms with Crippen LogP contribution in [0.25, 0.3) is 0 Å². The van der Waals surface area contributed by atoms with Gasteiger partial charge in [0.1, 0.15) is 0 Å². The maximum Gasteiger partial charge on any atom is 0.336 e. The fourth-order valence-electron chi connectivity index (χ4n) is 2.17. The van der Waals surface area contributed by atoms with Crippen molar-refractivity contribution in [1.82, 2.24) is 4.90 Å². The standard InChI is InChI=1S/C11H22N2O3/c1-8(12)9-4-3-5-13(6-9)7-11(2,16)10(14)15/h8-9,16H,3-7,12H2,1-2H3,(H,14,15). The molecule has 3 unspecified atom stereocenters. The Kier molecular flexibility index (Phi) is 4.29. The van der Waals surface area contributed by atoms with Crippen LogP contribution in [0, 0.1) is 5.92 Å². The molecular weight excluding hydrogens is 208 g/mol. The van der Waals surface area contributed by atoms with Crippen molar-refractivity contribution >= 4 is 5.97 Å². The second-order valence-electron chi connectivity index (χ2n) is 5.08. The second kappa shape index (κ2) is 5.12. The molecule has 0 bridgehead atoms. The van der Waals surface area contributed by atoms with E-state index in [4.69, 9.17) is 10.8 Å². The SMILES string of the molecule is CC(N)C1CCCN(CC(C)(O)C(=O)O)C1. The van der Waals surface area contributed by atoms with E-state index in [-0.39, 0.29) is 12.6 Å². The summed E-state index contributed by atoms with van der Waals surface area (Å²) in [5.74, 6) is -0.770. The average molecular weight is 230 g/mol. The number of carboxylic acid groups (broad SMARTS) is 1. The number of likely N-dealkylation sites (tertiary alicyclic amines) is 1. The van der Waals surface area contributed by atoms with E-state index < -0.39 is 11.6 Å². The molecule has 0 aromatic carbocycles. The first-order chi connectivity index (χ1) is 7.33. The fourth-order valence-corrected chi connectivity index (χ4v) is 2.17. The quantitative estimate of drug-likeness (QED) is 0.627. The number of hydrogen-bond donors (Lipinski definition) is 3. The third kappa shape index (κ3) is 3.43. The molecule has 0 aromatic heterocycles. The number of aliphatic hydroxyl groups is 1. The van der Waals surface area contributed by atoms with Gasteiger partial charge in [-0.05, 0) is 39.2 Å². The zero-order chi connectivity index (χ0) is 12.3. The molecule has 0 saturated carbocycles. The van der Waals surface area contributed by atoms with Gasteiger partial charge in [-0.3, -0.25) is 4.90 Å². The average Bonchev–Trinajstić information content (AvgIpc) is 2.17. The van der Waals surface area contributed by atoms with Gasteiger partial charge in [0.05, 0.1) is 0 Å². The molecule has 0 aliphatic carbocycles. The van der Waals surface area contributed by atoms with E-state index in [9.17, 15) is 9.90 Å². The first kappa shape index (κ1) is 13.4. The van der Waals surface area contributed by atoms with Gasteiger partial charge in [-0.1, -0.05) is 0 Å². The lowest BCUT2D eigenvalue weighted by molar-refractivity contribution is -0.158. The summed E-state index contributed by atoms with van der Waals surface area (Å²) in [5, 5.41) is 18.5. The molecule has 5 heteroatoms. The third-order valence-electron chi connectivity index (χ3n) is 3.28. The van der Waals surface area contributed by atoms with E-state index in [1.165, 1.54) is 6.92 Å². The Labute approximate surface area is 96.2 Å². The molecule has 0 radical (unpaired) electrons. The van der Waals surface area contributed by atoms with Crippen LogP contribution in [0.3, 0.4) is 0 Å². The minimum atomic E-state index is -1.67. The van der Waals surface area contributed by atoms with Crippen LogP contribution in [0.2, 0.25) is 0 Å². The van der Waals surface area contributed by atoms with Crippen molar-refractivity contribution < 1.29 is 15.0 Å². The van der Waals surface area contributed by atoms with Crippen molar-refractivity contribution in [2.45, 2.75) is 38.3 Å². The van der Waals surface area contributed by atoms with E-state index in [1.807, 2.05) is 11.8 Å². The Bertz CT molecular complexity index is 254. The zero-order valence-electron chi connectivity index (χ0n) is 10.0.